The summed E-state index contributed by atoms with van der Waals surface area (Å²) in [6.45, 7) is 4.89. The molecule has 1 atom stereocenters. The van der Waals surface area contributed by atoms with Crippen LogP contribution in [0.3, 0.4) is 0 Å². The van der Waals surface area contributed by atoms with Crippen LogP contribution in [0, 0.1) is 0 Å². The Labute approximate surface area is 94.0 Å². The first-order valence-corrected chi connectivity index (χ1v) is 5.71. The third-order valence-electron chi connectivity index (χ3n) is 2.20. The van der Waals surface area contributed by atoms with Gasteiger partial charge in [-0.25, -0.2) is 0 Å². The van der Waals surface area contributed by atoms with Crippen molar-refractivity contribution >= 4 is 21.6 Å². The van der Waals surface area contributed by atoms with Crippen LogP contribution in [0.4, 0.5) is 5.69 Å². The predicted octanol–water partition coefficient (Wildman–Crippen LogP) is 2.77. The van der Waals surface area contributed by atoms with E-state index in [9.17, 15) is 0 Å². The summed E-state index contributed by atoms with van der Waals surface area (Å²) < 4.78 is 1.13. The smallest absolute Gasteiger partial charge is 0.0375 e. The van der Waals surface area contributed by atoms with Crippen molar-refractivity contribution in [1.82, 2.24) is 0 Å². The molecule has 0 radical (unpaired) electrons. The molecule has 0 spiro atoms. The maximum absolute atomic E-state index is 5.57. The molecule has 78 valence electrons. The Kier molecular flexibility index (Phi) is 4.42. The van der Waals surface area contributed by atoms with Gasteiger partial charge in [0.15, 0.2) is 0 Å². The minimum absolute atomic E-state index is 0.321. The van der Waals surface area contributed by atoms with E-state index in [4.69, 9.17) is 5.73 Å². The molecule has 0 bridgehead atoms. The molecular weight excluding hydrogens is 240 g/mol. The van der Waals surface area contributed by atoms with E-state index in [0.717, 1.165) is 10.9 Å². The summed E-state index contributed by atoms with van der Waals surface area (Å²) in [4.78, 5) is 0. The van der Waals surface area contributed by atoms with Crippen LogP contribution >= 0.6 is 15.9 Å². The average Bonchev–Trinajstić information content (AvgIpc) is 2.20. The zero-order valence-corrected chi connectivity index (χ0v) is 10.3. The van der Waals surface area contributed by atoms with Crippen LogP contribution in [-0.2, 0) is 6.42 Å². The van der Waals surface area contributed by atoms with Crippen molar-refractivity contribution in [1.29, 1.82) is 0 Å². The van der Waals surface area contributed by atoms with Crippen LogP contribution < -0.4 is 11.1 Å². The van der Waals surface area contributed by atoms with Crippen LogP contribution in [-0.4, -0.2) is 12.6 Å². The van der Waals surface area contributed by atoms with Gasteiger partial charge in [-0.1, -0.05) is 22.9 Å². The van der Waals surface area contributed by atoms with E-state index in [1.807, 2.05) is 6.07 Å². The van der Waals surface area contributed by atoms with Crippen molar-refractivity contribution in [3.8, 4) is 0 Å². The van der Waals surface area contributed by atoms with E-state index in [0.29, 0.717) is 12.6 Å². The lowest BCUT2D eigenvalue weighted by atomic mass is 10.1. The van der Waals surface area contributed by atoms with E-state index in [-0.39, 0.29) is 0 Å². The molecule has 0 aliphatic rings. The lowest BCUT2D eigenvalue weighted by Crippen LogP contribution is -2.25. The van der Waals surface area contributed by atoms with Crippen LogP contribution in [0.5, 0.6) is 0 Å². The Morgan fingerprint density at radius 2 is 2.21 bits per heavy atom. The molecule has 14 heavy (non-hydrogen) atoms. The number of nitrogens with two attached hydrogens (primary N) is 1. The van der Waals surface area contributed by atoms with Gasteiger partial charge >= 0.3 is 0 Å². The van der Waals surface area contributed by atoms with Crippen molar-refractivity contribution in [2.24, 2.45) is 5.73 Å². The number of anilines is 1. The SMILES string of the molecule is CCc1cc(Br)ccc1NC(C)CN. The number of aryl methyl sites for hydroxylation is 1. The van der Waals surface area contributed by atoms with Gasteiger partial charge in [-0.3, -0.25) is 0 Å². The molecule has 0 fully saturated rings. The highest BCUT2D eigenvalue weighted by molar-refractivity contribution is 9.10. The van der Waals surface area contributed by atoms with Crippen molar-refractivity contribution in [2.75, 3.05) is 11.9 Å². The second-order valence-corrected chi connectivity index (χ2v) is 4.35. The van der Waals surface area contributed by atoms with Crippen LogP contribution in [0.2, 0.25) is 0 Å². The number of rotatable bonds is 4. The van der Waals surface area contributed by atoms with E-state index in [1.165, 1.54) is 11.3 Å². The molecule has 0 saturated carbocycles. The highest BCUT2D eigenvalue weighted by Gasteiger charge is 2.04. The maximum atomic E-state index is 5.57. The second-order valence-electron chi connectivity index (χ2n) is 3.44. The normalized spacial score (nSPS) is 12.6. The summed E-state index contributed by atoms with van der Waals surface area (Å²) in [5, 5.41) is 3.39. The van der Waals surface area contributed by atoms with Gasteiger partial charge < -0.3 is 11.1 Å². The van der Waals surface area contributed by atoms with Crippen LogP contribution in [0.1, 0.15) is 19.4 Å². The molecule has 0 aromatic heterocycles. The number of hydrogen-bond acceptors (Lipinski definition) is 2. The number of benzene rings is 1. The van der Waals surface area contributed by atoms with Crippen molar-refractivity contribution in [3.05, 3.63) is 28.2 Å². The maximum Gasteiger partial charge on any atom is 0.0375 e. The topological polar surface area (TPSA) is 38.0 Å². The minimum Gasteiger partial charge on any atom is -0.381 e. The predicted molar refractivity (Wildman–Crippen MR) is 65.7 cm³/mol. The van der Waals surface area contributed by atoms with Gasteiger partial charge in [0.25, 0.3) is 0 Å². The molecule has 1 aromatic rings. The molecule has 0 aliphatic heterocycles. The Bertz CT molecular complexity index is 299. The van der Waals surface area contributed by atoms with Gasteiger partial charge in [0.2, 0.25) is 0 Å². The van der Waals surface area contributed by atoms with Crippen molar-refractivity contribution in [2.45, 2.75) is 26.3 Å². The third-order valence-corrected chi connectivity index (χ3v) is 2.70. The number of hydrogen-bond donors (Lipinski definition) is 2. The fraction of sp³-hybridized carbons (Fsp3) is 0.455. The molecule has 2 nitrogen and oxygen atoms in total. The molecule has 0 saturated heterocycles. The zero-order valence-electron chi connectivity index (χ0n) is 8.68. The number of halogens is 1. The standard InChI is InChI=1S/C11H17BrN2/c1-3-9-6-10(12)4-5-11(9)14-8(2)7-13/h4-6,8,14H,3,7,13H2,1-2H3. The summed E-state index contributed by atoms with van der Waals surface area (Å²) in [7, 11) is 0. The van der Waals surface area contributed by atoms with Gasteiger partial charge in [-0.15, -0.1) is 0 Å². The first-order chi connectivity index (χ1) is 6.67. The van der Waals surface area contributed by atoms with Gasteiger partial charge in [-0.2, -0.15) is 0 Å². The Morgan fingerprint density at radius 1 is 1.50 bits per heavy atom. The van der Waals surface area contributed by atoms with Crippen LogP contribution in [0.25, 0.3) is 0 Å². The molecular formula is C11H17BrN2. The number of nitrogens with one attached hydrogen (secondary N) is 1. The fourth-order valence-corrected chi connectivity index (χ4v) is 1.73. The molecule has 0 amide bonds. The first kappa shape index (κ1) is 11.5. The summed E-state index contributed by atoms with van der Waals surface area (Å²) in [6.07, 6.45) is 1.03. The molecule has 1 aromatic carbocycles. The summed E-state index contributed by atoms with van der Waals surface area (Å²) in [6, 6.07) is 6.60. The molecule has 0 aliphatic carbocycles. The second kappa shape index (κ2) is 5.37. The first-order valence-electron chi connectivity index (χ1n) is 4.92. The highest BCUT2D eigenvalue weighted by Crippen LogP contribution is 2.21. The fourth-order valence-electron chi connectivity index (χ4n) is 1.32. The molecule has 1 unspecified atom stereocenters. The Balaban J connectivity index is 2.85. The Hall–Kier alpha value is -0.540. The monoisotopic (exact) mass is 256 g/mol. The van der Waals surface area contributed by atoms with E-state index in [1.54, 1.807) is 0 Å². The van der Waals surface area contributed by atoms with Crippen molar-refractivity contribution in [3.63, 3.8) is 0 Å². The van der Waals surface area contributed by atoms with E-state index >= 15 is 0 Å². The minimum atomic E-state index is 0.321. The van der Waals surface area contributed by atoms with E-state index in [2.05, 4.69) is 47.2 Å². The van der Waals surface area contributed by atoms with Gasteiger partial charge in [0.1, 0.15) is 0 Å². The van der Waals surface area contributed by atoms with Gasteiger partial charge in [0.05, 0.1) is 0 Å². The molecule has 3 N–H and O–H groups in total. The van der Waals surface area contributed by atoms with Gasteiger partial charge in [0, 0.05) is 22.7 Å². The molecule has 1 rings (SSSR count). The zero-order chi connectivity index (χ0) is 10.6. The molecule has 0 heterocycles. The largest absolute Gasteiger partial charge is 0.381 e. The summed E-state index contributed by atoms with van der Waals surface area (Å²) in [5.41, 5.74) is 8.08. The van der Waals surface area contributed by atoms with Crippen molar-refractivity contribution < 1.29 is 0 Å². The lowest BCUT2D eigenvalue weighted by Gasteiger charge is -2.16. The average molecular weight is 257 g/mol. The molecule has 3 heteroatoms. The highest BCUT2D eigenvalue weighted by atomic mass is 79.9. The summed E-state index contributed by atoms with van der Waals surface area (Å²) >= 11 is 3.47. The quantitative estimate of drug-likeness (QED) is 0.870. The summed E-state index contributed by atoms with van der Waals surface area (Å²) in [5.74, 6) is 0. The lowest BCUT2D eigenvalue weighted by molar-refractivity contribution is 0.801. The van der Waals surface area contributed by atoms with Gasteiger partial charge in [-0.05, 0) is 37.1 Å². The van der Waals surface area contributed by atoms with E-state index < -0.39 is 0 Å². The third kappa shape index (κ3) is 3.00. The Morgan fingerprint density at radius 3 is 2.79 bits per heavy atom. The van der Waals surface area contributed by atoms with Crippen LogP contribution in [0.15, 0.2) is 22.7 Å².